The molecule has 0 radical (unpaired) electrons. The molecular formula is C18H21ClN2O2. The van der Waals surface area contributed by atoms with Crippen molar-refractivity contribution in [2.75, 3.05) is 30.9 Å². The summed E-state index contributed by atoms with van der Waals surface area (Å²) in [6, 6.07) is 15.0. The zero-order chi connectivity index (χ0) is 16.5. The molecular weight excluding hydrogens is 312 g/mol. The van der Waals surface area contributed by atoms with Gasteiger partial charge in [-0.15, -0.1) is 0 Å². The fourth-order valence-electron chi connectivity index (χ4n) is 2.11. The Balaban J connectivity index is 1.80. The third-order valence-corrected chi connectivity index (χ3v) is 3.55. The number of anilines is 2. The van der Waals surface area contributed by atoms with Gasteiger partial charge in [0.1, 0.15) is 0 Å². The van der Waals surface area contributed by atoms with Gasteiger partial charge in [-0.25, -0.2) is 0 Å². The Morgan fingerprint density at radius 3 is 2.35 bits per heavy atom. The number of amides is 1. The van der Waals surface area contributed by atoms with E-state index in [1.54, 1.807) is 19.2 Å². The van der Waals surface area contributed by atoms with E-state index in [4.69, 9.17) is 16.3 Å². The highest BCUT2D eigenvalue weighted by Crippen LogP contribution is 2.15. The summed E-state index contributed by atoms with van der Waals surface area (Å²) in [6.45, 7) is 1.60. The van der Waals surface area contributed by atoms with E-state index in [1.165, 1.54) is 0 Å². The van der Waals surface area contributed by atoms with Gasteiger partial charge in [-0.1, -0.05) is 23.7 Å². The molecule has 2 aromatic rings. The van der Waals surface area contributed by atoms with Gasteiger partial charge in [0, 0.05) is 36.7 Å². The van der Waals surface area contributed by atoms with Crippen LogP contribution in [0.1, 0.15) is 12.0 Å². The van der Waals surface area contributed by atoms with Gasteiger partial charge in [0.05, 0.1) is 6.42 Å². The van der Waals surface area contributed by atoms with Crippen LogP contribution in [0, 0.1) is 0 Å². The van der Waals surface area contributed by atoms with Crippen LogP contribution < -0.4 is 10.6 Å². The Morgan fingerprint density at radius 1 is 1.04 bits per heavy atom. The lowest BCUT2D eigenvalue weighted by Gasteiger charge is -2.09. The number of ether oxygens (including phenoxy) is 1. The standard InChI is InChI=1S/C18H21ClN2O2/c1-23-12-2-11-20-16-7-9-17(10-8-16)21-18(22)13-14-3-5-15(19)6-4-14/h3-10,20H,2,11-13H2,1H3,(H,21,22). The summed E-state index contributed by atoms with van der Waals surface area (Å²) in [5.41, 5.74) is 2.74. The van der Waals surface area contributed by atoms with E-state index in [2.05, 4.69) is 10.6 Å². The lowest BCUT2D eigenvalue weighted by Crippen LogP contribution is -2.14. The van der Waals surface area contributed by atoms with Crippen LogP contribution in [0.2, 0.25) is 5.02 Å². The van der Waals surface area contributed by atoms with Crippen molar-refractivity contribution in [2.45, 2.75) is 12.8 Å². The quantitative estimate of drug-likeness (QED) is 0.719. The molecule has 0 spiro atoms. The van der Waals surface area contributed by atoms with E-state index in [1.807, 2.05) is 36.4 Å². The Hall–Kier alpha value is -2.04. The van der Waals surface area contributed by atoms with Crippen LogP contribution in [0.3, 0.4) is 0 Å². The van der Waals surface area contributed by atoms with Crippen LogP contribution >= 0.6 is 11.6 Å². The van der Waals surface area contributed by atoms with E-state index < -0.39 is 0 Å². The molecule has 0 aliphatic heterocycles. The molecule has 23 heavy (non-hydrogen) atoms. The molecule has 0 heterocycles. The fraction of sp³-hybridized carbons (Fsp3) is 0.278. The van der Waals surface area contributed by atoms with E-state index in [0.29, 0.717) is 11.4 Å². The van der Waals surface area contributed by atoms with Crippen molar-refractivity contribution in [3.05, 3.63) is 59.1 Å². The summed E-state index contributed by atoms with van der Waals surface area (Å²) in [7, 11) is 1.70. The lowest BCUT2D eigenvalue weighted by atomic mass is 10.1. The van der Waals surface area contributed by atoms with Crippen molar-refractivity contribution >= 4 is 28.9 Å². The Morgan fingerprint density at radius 2 is 1.70 bits per heavy atom. The molecule has 122 valence electrons. The molecule has 0 saturated heterocycles. The molecule has 0 fully saturated rings. The minimum atomic E-state index is -0.0480. The van der Waals surface area contributed by atoms with E-state index in [0.717, 1.165) is 36.5 Å². The highest BCUT2D eigenvalue weighted by atomic mass is 35.5. The maximum Gasteiger partial charge on any atom is 0.228 e. The smallest absolute Gasteiger partial charge is 0.228 e. The van der Waals surface area contributed by atoms with Gasteiger partial charge in [0.15, 0.2) is 0 Å². The van der Waals surface area contributed by atoms with Crippen molar-refractivity contribution in [3.8, 4) is 0 Å². The number of hydrogen-bond acceptors (Lipinski definition) is 3. The second kappa shape index (κ2) is 9.18. The van der Waals surface area contributed by atoms with Gasteiger partial charge in [-0.3, -0.25) is 4.79 Å². The predicted octanol–water partition coefficient (Wildman–Crippen LogP) is 3.97. The first-order chi connectivity index (χ1) is 11.2. The zero-order valence-electron chi connectivity index (χ0n) is 13.1. The van der Waals surface area contributed by atoms with Gasteiger partial charge in [-0.05, 0) is 48.4 Å². The monoisotopic (exact) mass is 332 g/mol. The normalized spacial score (nSPS) is 10.3. The number of rotatable bonds is 8. The summed E-state index contributed by atoms with van der Waals surface area (Å²) in [5.74, 6) is -0.0480. The fourth-order valence-corrected chi connectivity index (χ4v) is 2.24. The predicted molar refractivity (Wildman–Crippen MR) is 95.2 cm³/mol. The molecule has 0 saturated carbocycles. The topological polar surface area (TPSA) is 50.4 Å². The average Bonchev–Trinajstić information content (AvgIpc) is 2.55. The van der Waals surface area contributed by atoms with Crippen LogP contribution in [0.15, 0.2) is 48.5 Å². The molecule has 4 nitrogen and oxygen atoms in total. The van der Waals surface area contributed by atoms with Crippen LogP contribution in [-0.4, -0.2) is 26.2 Å². The first-order valence-corrected chi connectivity index (χ1v) is 7.92. The van der Waals surface area contributed by atoms with Gasteiger partial charge in [0.25, 0.3) is 0 Å². The van der Waals surface area contributed by atoms with Gasteiger partial charge in [-0.2, -0.15) is 0 Å². The van der Waals surface area contributed by atoms with Gasteiger partial charge < -0.3 is 15.4 Å². The number of nitrogens with one attached hydrogen (secondary N) is 2. The maximum absolute atomic E-state index is 12.0. The molecule has 0 aliphatic carbocycles. The molecule has 1 amide bonds. The molecule has 0 aromatic heterocycles. The third kappa shape index (κ3) is 6.30. The zero-order valence-corrected chi connectivity index (χ0v) is 13.9. The summed E-state index contributed by atoms with van der Waals surface area (Å²) >= 11 is 5.83. The van der Waals surface area contributed by atoms with Crippen LogP contribution in [0.25, 0.3) is 0 Å². The molecule has 0 atom stereocenters. The molecule has 0 unspecified atom stereocenters. The number of benzene rings is 2. The second-order valence-corrected chi connectivity index (χ2v) is 5.64. The molecule has 2 aromatic carbocycles. The maximum atomic E-state index is 12.0. The number of carbonyl (C=O) groups excluding carboxylic acids is 1. The summed E-state index contributed by atoms with van der Waals surface area (Å²) in [5, 5.41) is 6.86. The summed E-state index contributed by atoms with van der Waals surface area (Å²) in [4.78, 5) is 12.0. The van der Waals surface area contributed by atoms with Gasteiger partial charge >= 0.3 is 0 Å². The summed E-state index contributed by atoms with van der Waals surface area (Å²) in [6.07, 6.45) is 1.28. The molecule has 0 aliphatic rings. The Kier molecular flexibility index (Phi) is 6.91. The minimum absolute atomic E-state index is 0.0480. The Bertz CT molecular complexity index is 612. The largest absolute Gasteiger partial charge is 0.385 e. The molecule has 0 bridgehead atoms. The Labute approximate surface area is 141 Å². The van der Waals surface area contributed by atoms with Crippen molar-refractivity contribution in [2.24, 2.45) is 0 Å². The average molecular weight is 333 g/mol. The van der Waals surface area contributed by atoms with Crippen molar-refractivity contribution in [1.82, 2.24) is 0 Å². The highest BCUT2D eigenvalue weighted by Gasteiger charge is 2.04. The molecule has 5 heteroatoms. The van der Waals surface area contributed by atoms with Crippen LogP contribution in [0.5, 0.6) is 0 Å². The van der Waals surface area contributed by atoms with Crippen molar-refractivity contribution in [3.63, 3.8) is 0 Å². The van der Waals surface area contributed by atoms with E-state index in [-0.39, 0.29) is 5.91 Å². The van der Waals surface area contributed by atoms with E-state index >= 15 is 0 Å². The van der Waals surface area contributed by atoms with Crippen molar-refractivity contribution in [1.29, 1.82) is 0 Å². The molecule has 2 rings (SSSR count). The van der Waals surface area contributed by atoms with Crippen LogP contribution in [0.4, 0.5) is 11.4 Å². The number of methoxy groups -OCH3 is 1. The summed E-state index contributed by atoms with van der Waals surface area (Å²) < 4.78 is 5.00. The number of hydrogen-bond donors (Lipinski definition) is 2. The first-order valence-electron chi connectivity index (χ1n) is 7.54. The van der Waals surface area contributed by atoms with Crippen molar-refractivity contribution < 1.29 is 9.53 Å². The minimum Gasteiger partial charge on any atom is -0.385 e. The first kappa shape index (κ1) is 17.3. The van der Waals surface area contributed by atoms with Gasteiger partial charge in [0.2, 0.25) is 5.91 Å². The third-order valence-electron chi connectivity index (χ3n) is 3.30. The SMILES string of the molecule is COCCCNc1ccc(NC(=O)Cc2ccc(Cl)cc2)cc1. The lowest BCUT2D eigenvalue weighted by molar-refractivity contribution is -0.115. The number of carbonyl (C=O) groups is 1. The number of halogens is 1. The highest BCUT2D eigenvalue weighted by molar-refractivity contribution is 6.30. The molecule has 2 N–H and O–H groups in total. The second-order valence-electron chi connectivity index (χ2n) is 5.20. The van der Waals surface area contributed by atoms with Crippen LogP contribution in [-0.2, 0) is 16.0 Å². The van der Waals surface area contributed by atoms with E-state index in [9.17, 15) is 4.79 Å².